The zero-order valence-corrected chi connectivity index (χ0v) is 14.1. The predicted octanol–water partition coefficient (Wildman–Crippen LogP) is 3.59. The van der Waals surface area contributed by atoms with E-state index in [0.717, 1.165) is 36.7 Å². The van der Waals surface area contributed by atoms with Crippen LogP contribution in [0.3, 0.4) is 0 Å². The molecule has 0 atom stereocenters. The van der Waals surface area contributed by atoms with Gasteiger partial charge in [-0.25, -0.2) is 15.0 Å². The Hall–Kier alpha value is -3.15. The van der Waals surface area contributed by atoms with Crippen LogP contribution in [0.2, 0.25) is 0 Å². The number of anilines is 5. The van der Waals surface area contributed by atoms with Crippen LogP contribution in [0.5, 0.6) is 0 Å². The van der Waals surface area contributed by atoms with Crippen LogP contribution in [0.25, 0.3) is 0 Å². The first-order chi connectivity index (χ1) is 12.2. The van der Waals surface area contributed by atoms with Gasteiger partial charge in [-0.3, -0.25) is 0 Å². The molecule has 0 fully saturated rings. The fraction of sp³-hybridized carbons (Fsp3) is 0.211. The van der Waals surface area contributed by atoms with Crippen LogP contribution in [0.4, 0.5) is 28.8 Å². The van der Waals surface area contributed by atoms with Gasteiger partial charge in [0.1, 0.15) is 17.8 Å². The average Bonchev–Trinajstić information content (AvgIpc) is 2.63. The fourth-order valence-electron chi connectivity index (χ4n) is 3.19. The lowest BCUT2D eigenvalue weighted by Gasteiger charge is -2.31. The van der Waals surface area contributed by atoms with Crippen molar-refractivity contribution in [2.45, 2.75) is 19.8 Å². The quantitative estimate of drug-likeness (QED) is 0.763. The lowest BCUT2D eigenvalue weighted by Crippen LogP contribution is -2.26. The van der Waals surface area contributed by atoms with E-state index in [1.54, 1.807) is 6.33 Å². The average molecular weight is 332 g/mol. The number of rotatable bonds is 3. The number of nitrogens with one attached hydrogen (secondary N) is 1. The van der Waals surface area contributed by atoms with Crippen molar-refractivity contribution in [1.82, 2.24) is 15.0 Å². The maximum atomic E-state index is 6.40. The lowest BCUT2D eigenvalue weighted by molar-refractivity contribution is 0.759. The molecule has 1 aromatic carbocycles. The van der Waals surface area contributed by atoms with E-state index in [9.17, 15) is 0 Å². The van der Waals surface area contributed by atoms with Crippen molar-refractivity contribution < 1.29 is 0 Å². The van der Waals surface area contributed by atoms with E-state index in [1.807, 2.05) is 31.2 Å². The summed E-state index contributed by atoms with van der Waals surface area (Å²) in [4.78, 5) is 15.4. The molecule has 0 radical (unpaired) electrons. The van der Waals surface area contributed by atoms with Gasteiger partial charge in [0.25, 0.3) is 0 Å². The summed E-state index contributed by atoms with van der Waals surface area (Å²) in [6.07, 6.45) is 3.69. The molecule has 0 spiro atoms. The maximum absolute atomic E-state index is 6.40. The molecule has 25 heavy (non-hydrogen) atoms. The Bertz CT molecular complexity index is 908. The van der Waals surface area contributed by atoms with Crippen molar-refractivity contribution in [3.05, 3.63) is 60.0 Å². The molecule has 1 aliphatic heterocycles. The van der Waals surface area contributed by atoms with Gasteiger partial charge in [-0.2, -0.15) is 0 Å². The van der Waals surface area contributed by atoms with Gasteiger partial charge >= 0.3 is 0 Å². The van der Waals surface area contributed by atoms with Gasteiger partial charge in [-0.05, 0) is 43.5 Å². The third kappa shape index (κ3) is 2.98. The van der Waals surface area contributed by atoms with E-state index in [-0.39, 0.29) is 0 Å². The van der Waals surface area contributed by atoms with Crippen molar-refractivity contribution >= 4 is 28.8 Å². The summed E-state index contributed by atoms with van der Waals surface area (Å²) < 4.78 is 0. The summed E-state index contributed by atoms with van der Waals surface area (Å²) in [5.41, 5.74) is 10.3. The van der Waals surface area contributed by atoms with Crippen LogP contribution < -0.4 is 16.0 Å². The summed E-state index contributed by atoms with van der Waals surface area (Å²) in [7, 11) is 0. The maximum Gasteiger partial charge on any atom is 0.161 e. The second-order valence-electron chi connectivity index (χ2n) is 6.13. The van der Waals surface area contributed by atoms with Crippen LogP contribution in [-0.4, -0.2) is 21.5 Å². The molecule has 0 saturated heterocycles. The molecule has 1 aliphatic rings. The molecule has 3 aromatic rings. The molecule has 126 valence electrons. The third-order valence-corrected chi connectivity index (χ3v) is 4.36. The molecule has 2 aromatic heterocycles. The van der Waals surface area contributed by atoms with Gasteiger partial charge in [0.2, 0.25) is 0 Å². The Labute approximate surface area is 146 Å². The van der Waals surface area contributed by atoms with Crippen LogP contribution in [0, 0.1) is 6.92 Å². The van der Waals surface area contributed by atoms with E-state index < -0.39 is 0 Å². The Morgan fingerprint density at radius 2 is 1.96 bits per heavy atom. The molecular formula is C19H20N6. The highest BCUT2D eigenvalue weighted by atomic mass is 15.2. The number of para-hydroxylation sites is 1. The van der Waals surface area contributed by atoms with E-state index in [2.05, 4.69) is 43.4 Å². The zero-order valence-electron chi connectivity index (χ0n) is 14.1. The van der Waals surface area contributed by atoms with Gasteiger partial charge in [-0.1, -0.05) is 24.3 Å². The molecule has 6 nitrogen and oxygen atoms in total. The second-order valence-corrected chi connectivity index (χ2v) is 6.13. The zero-order chi connectivity index (χ0) is 17.2. The number of hydrogen-bond acceptors (Lipinski definition) is 6. The summed E-state index contributed by atoms with van der Waals surface area (Å²) >= 11 is 0. The number of hydrogen-bond donors (Lipinski definition) is 2. The summed E-state index contributed by atoms with van der Waals surface area (Å²) in [6.45, 7) is 2.84. The fourth-order valence-corrected chi connectivity index (χ4v) is 3.19. The highest BCUT2D eigenvalue weighted by Crippen LogP contribution is 2.37. The minimum Gasteiger partial charge on any atom is -0.393 e. The van der Waals surface area contributed by atoms with E-state index >= 15 is 0 Å². The minimum absolute atomic E-state index is 0.530. The van der Waals surface area contributed by atoms with E-state index in [0.29, 0.717) is 11.5 Å². The van der Waals surface area contributed by atoms with Crippen LogP contribution >= 0.6 is 0 Å². The third-order valence-electron chi connectivity index (χ3n) is 4.36. The molecule has 0 aliphatic carbocycles. The normalized spacial score (nSPS) is 13.4. The molecular weight excluding hydrogens is 312 g/mol. The standard InChI is InChI=1S/C19H20N6/c1-13-6-4-10-16(23-13)24-18-17(20)19(22-12-21-18)25-11-5-8-14-7-2-3-9-15(14)25/h2-4,6-7,9-10,12H,5,8,11,20H2,1H3,(H,21,22,23,24). The van der Waals surface area contributed by atoms with Gasteiger partial charge in [-0.15, -0.1) is 0 Å². The van der Waals surface area contributed by atoms with Crippen LogP contribution in [0.1, 0.15) is 17.7 Å². The van der Waals surface area contributed by atoms with Crippen molar-refractivity contribution in [3.8, 4) is 0 Å². The second kappa shape index (κ2) is 6.39. The van der Waals surface area contributed by atoms with Gasteiger partial charge < -0.3 is 16.0 Å². The number of nitrogens with two attached hydrogens (primary N) is 1. The smallest absolute Gasteiger partial charge is 0.161 e. The highest BCUT2D eigenvalue weighted by Gasteiger charge is 2.22. The molecule has 3 heterocycles. The Morgan fingerprint density at radius 3 is 2.84 bits per heavy atom. The Balaban J connectivity index is 1.71. The number of fused-ring (bicyclic) bond motifs is 1. The molecule has 0 unspecified atom stereocenters. The first kappa shape index (κ1) is 15.4. The molecule has 0 amide bonds. The van der Waals surface area contributed by atoms with Gasteiger partial charge in [0.05, 0.1) is 0 Å². The highest BCUT2D eigenvalue weighted by molar-refractivity contribution is 5.82. The molecule has 4 rings (SSSR count). The van der Waals surface area contributed by atoms with Crippen LogP contribution in [0.15, 0.2) is 48.8 Å². The number of pyridine rings is 1. The van der Waals surface area contributed by atoms with Gasteiger partial charge in [0.15, 0.2) is 11.6 Å². The van der Waals surface area contributed by atoms with Crippen LogP contribution in [-0.2, 0) is 6.42 Å². The summed E-state index contributed by atoms with van der Waals surface area (Å²) in [5.74, 6) is 2.03. The molecule has 0 saturated carbocycles. The lowest BCUT2D eigenvalue weighted by atomic mass is 10.0. The largest absolute Gasteiger partial charge is 0.393 e. The van der Waals surface area contributed by atoms with Crippen molar-refractivity contribution in [3.63, 3.8) is 0 Å². The van der Waals surface area contributed by atoms with Gasteiger partial charge in [0, 0.05) is 17.9 Å². The SMILES string of the molecule is Cc1cccc(Nc2ncnc(N3CCCc4ccccc43)c2N)n1. The van der Waals surface area contributed by atoms with E-state index in [4.69, 9.17) is 5.73 Å². The van der Waals surface area contributed by atoms with Crippen molar-refractivity contribution in [1.29, 1.82) is 0 Å². The minimum atomic E-state index is 0.530. The van der Waals surface area contributed by atoms with E-state index in [1.165, 1.54) is 11.3 Å². The first-order valence-electron chi connectivity index (χ1n) is 8.39. The Kier molecular flexibility index (Phi) is 3.93. The first-order valence-corrected chi connectivity index (χ1v) is 8.39. The summed E-state index contributed by atoms with van der Waals surface area (Å²) in [5, 5.41) is 3.20. The molecule has 3 N–H and O–H groups in total. The number of nitrogen functional groups attached to an aromatic ring is 1. The van der Waals surface area contributed by atoms with Crippen molar-refractivity contribution in [2.24, 2.45) is 0 Å². The topological polar surface area (TPSA) is 80.0 Å². The monoisotopic (exact) mass is 332 g/mol. The Morgan fingerprint density at radius 1 is 1.08 bits per heavy atom. The number of aryl methyl sites for hydroxylation is 2. The molecule has 0 bridgehead atoms. The number of benzene rings is 1. The summed E-state index contributed by atoms with van der Waals surface area (Å²) in [6, 6.07) is 14.2. The number of nitrogens with zero attached hydrogens (tertiary/aromatic N) is 4. The number of aromatic nitrogens is 3. The van der Waals surface area contributed by atoms with Crippen molar-refractivity contribution in [2.75, 3.05) is 22.5 Å². The predicted molar refractivity (Wildman–Crippen MR) is 100 cm³/mol. The molecule has 6 heteroatoms.